The maximum absolute atomic E-state index is 2.39. The van der Waals surface area contributed by atoms with Gasteiger partial charge in [-0.15, -0.1) is 0 Å². The molecule has 0 aromatic carbocycles. The highest BCUT2D eigenvalue weighted by Crippen LogP contribution is 2.51. The third-order valence-electron chi connectivity index (χ3n) is 3.76. The van der Waals surface area contributed by atoms with Gasteiger partial charge in [-0.1, -0.05) is 27.2 Å². The van der Waals surface area contributed by atoms with Gasteiger partial charge in [0.1, 0.15) is 0 Å². The summed E-state index contributed by atoms with van der Waals surface area (Å²) in [6, 6.07) is 0. The van der Waals surface area contributed by atoms with E-state index in [4.69, 9.17) is 0 Å². The van der Waals surface area contributed by atoms with E-state index in [1.54, 1.807) is 25.7 Å². The Kier molecular flexibility index (Phi) is 1.97. The van der Waals surface area contributed by atoms with E-state index in [9.17, 15) is 0 Å². The summed E-state index contributed by atoms with van der Waals surface area (Å²) in [6.45, 7) is 7.16. The zero-order chi connectivity index (χ0) is 8.77. The lowest BCUT2D eigenvalue weighted by Crippen LogP contribution is -2.18. The van der Waals surface area contributed by atoms with Crippen molar-refractivity contribution in [2.24, 2.45) is 23.2 Å². The summed E-state index contributed by atoms with van der Waals surface area (Å²) >= 11 is 0. The largest absolute Gasteiger partial charge is 0.0602 e. The molecule has 0 radical (unpaired) electrons. The zero-order valence-electron chi connectivity index (χ0n) is 8.77. The van der Waals surface area contributed by atoms with Crippen molar-refractivity contribution in [1.82, 2.24) is 0 Å². The van der Waals surface area contributed by atoms with E-state index in [0.29, 0.717) is 5.41 Å². The molecule has 0 saturated heterocycles. The molecule has 3 atom stereocenters. The Labute approximate surface area is 76.7 Å². The first kappa shape index (κ1) is 8.59. The van der Waals surface area contributed by atoms with Crippen molar-refractivity contribution in [2.45, 2.75) is 52.9 Å². The molecule has 2 saturated carbocycles. The summed E-state index contributed by atoms with van der Waals surface area (Å²) in [4.78, 5) is 0. The molecule has 0 aliphatic heterocycles. The second-order valence-electron chi connectivity index (χ2n) is 6.20. The molecule has 12 heavy (non-hydrogen) atoms. The maximum Gasteiger partial charge on any atom is -0.0378 e. The highest BCUT2D eigenvalue weighted by molar-refractivity contribution is 4.91. The van der Waals surface area contributed by atoms with Gasteiger partial charge in [0.05, 0.1) is 0 Å². The Hall–Kier alpha value is 0. The van der Waals surface area contributed by atoms with Crippen molar-refractivity contribution in [3.8, 4) is 0 Å². The van der Waals surface area contributed by atoms with Gasteiger partial charge in [-0.3, -0.25) is 0 Å². The number of hydrogen-bond donors (Lipinski definition) is 0. The van der Waals surface area contributed by atoms with E-state index >= 15 is 0 Å². The van der Waals surface area contributed by atoms with Crippen LogP contribution < -0.4 is 0 Å². The fourth-order valence-electron chi connectivity index (χ4n) is 3.41. The summed E-state index contributed by atoms with van der Waals surface area (Å²) < 4.78 is 0. The van der Waals surface area contributed by atoms with Crippen LogP contribution in [0.2, 0.25) is 0 Å². The molecule has 70 valence electrons. The van der Waals surface area contributed by atoms with Gasteiger partial charge in [-0.2, -0.15) is 0 Å². The van der Waals surface area contributed by atoms with Crippen LogP contribution in [0.5, 0.6) is 0 Å². The summed E-state index contributed by atoms with van der Waals surface area (Å²) in [5.41, 5.74) is 0.565. The van der Waals surface area contributed by atoms with Gasteiger partial charge < -0.3 is 0 Å². The lowest BCUT2D eigenvalue weighted by atomic mass is 9.77. The molecule has 2 bridgehead atoms. The smallest absolute Gasteiger partial charge is 0.0378 e. The first-order chi connectivity index (χ1) is 5.54. The minimum atomic E-state index is 0.565. The first-order valence-corrected chi connectivity index (χ1v) is 5.54. The van der Waals surface area contributed by atoms with Crippen LogP contribution in [-0.2, 0) is 0 Å². The lowest BCUT2D eigenvalue weighted by Gasteiger charge is -2.28. The number of hydrogen-bond acceptors (Lipinski definition) is 0. The van der Waals surface area contributed by atoms with Crippen molar-refractivity contribution >= 4 is 0 Å². The van der Waals surface area contributed by atoms with E-state index in [0.717, 1.165) is 17.8 Å². The third-order valence-corrected chi connectivity index (χ3v) is 3.76. The number of fused-ring (bicyclic) bond motifs is 2. The Morgan fingerprint density at radius 3 is 2.25 bits per heavy atom. The highest BCUT2D eigenvalue weighted by Gasteiger charge is 2.40. The minimum absolute atomic E-state index is 0.565. The molecule has 0 spiro atoms. The summed E-state index contributed by atoms with van der Waals surface area (Å²) in [7, 11) is 0. The highest BCUT2D eigenvalue weighted by atomic mass is 14.5. The Balaban J connectivity index is 1.91. The minimum Gasteiger partial charge on any atom is -0.0602 e. The fourth-order valence-corrected chi connectivity index (χ4v) is 3.41. The molecule has 3 unspecified atom stereocenters. The van der Waals surface area contributed by atoms with Crippen molar-refractivity contribution < 1.29 is 0 Å². The quantitative estimate of drug-likeness (QED) is 0.555. The van der Waals surface area contributed by atoms with E-state index in [1.165, 1.54) is 6.42 Å². The zero-order valence-corrected chi connectivity index (χ0v) is 8.77. The summed E-state index contributed by atoms with van der Waals surface area (Å²) in [6.07, 6.45) is 7.69. The van der Waals surface area contributed by atoms with Gasteiger partial charge in [0.25, 0.3) is 0 Å². The molecule has 0 amide bonds. The van der Waals surface area contributed by atoms with E-state index in [2.05, 4.69) is 20.8 Å². The molecule has 2 rings (SSSR count). The average Bonchev–Trinajstić information content (AvgIpc) is 2.42. The molecule has 0 heteroatoms. The fraction of sp³-hybridized carbons (Fsp3) is 1.00. The third kappa shape index (κ3) is 1.67. The topological polar surface area (TPSA) is 0 Å². The molecule has 2 aliphatic rings. The van der Waals surface area contributed by atoms with Gasteiger partial charge in [0, 0.05) is 0 Å². The summed E-state index contributed by atoms with van der Waals surface area (Å²) in [5, 5.41) is 0. The average molecular weight is 166 g/mol. The Bertz CT molecular complexity index is 163. The van der Waals surface area contributed by atoms with Crippen LogP contribution in [-0.4, -0.2) is 0 Å². The molecule has 2 aliphatic carbocycles. The maximum atomic E-state index is 2.39. The van der Waals surface area contributed by atoms with Crippen LogP contribution >= 0.6 is 0 Å². The second kappa shape index (κ2) is 2.75. The first-order valence-electron chi connectivity index (χ1n) is 5.54. The molecule has 2 fully saturated rings. The SMILES string of the molecule is CC(C)(C)CC1CC2CCC1C2. The van der Waals surface area contributed by atoms with Gasteiger partial charge in [-0.05, 0) is 48.9 Å². The summed E-state index contributed by atoms with van der Waals surface area (Å²) in [5.74, 6) is 3.33. The Morgan fingerprint density at radius 2 is 1.83 bits per heavy atom. The molecule has 0 heterocycles. The molecule has 0 nitrogen and oxygen atoms in total. The molecule has 0 aromatic heterocycles. The number of rotatable bonds is 1. The normalized spacial score (nSPS) is 40.8. The van der Waals surface area contributed by atoms with E-state index in [1.807, 2.05) is 0 Å². The van der Waals surface area contributed by atoms with Gasteiger partial charge in [0.2, 0.25) is 0 Å². The van der Waals surface area contributed by atoms with Crippen LogP contribution in [0.1, 0.15) is 52.9 Å². The van der Waals surface area contributed by atoms with E-state index in [-0.39, 0.29) is 0 Å². The molecule has 0 aromatic rings. The van der Waals surface area contributed by atoms with Crippen molar-refractivity contribution in [3.05, 3.63) is 0 Å². The van der Waals surface area contributed by atoms with Crippen molar-refractivity contribution in [2.75, 3.05) is 0 Å². The van der Waals surface area contributed by atoms with Crippen LogP contribution in [0, 0.1) is 23.2 Å². The van der Waals surface area contributed by atoms with Gasteiger partial charge >= 0.3 is 0 Å². The molecular formula is C12H22. The molecule has 0 N–H and O–H groups in total. The predicted octanol–water partition coefficient (Wildman–Crippen LogP) is 3.86. The van der Waals surface area contributed by atoms with Crippen molar-refractivity contribution in [3.63, 3.8) is 0 Å². The molecular weight excluding hydrogens is 144 g/mol. The van der Waals surface area contributed by atoms with E-state index < -0.39 is 0 Å². The van der Waals surface area contributed by atoms with Crippen LogP contribution in [0.4, 0.5) is 0 Å². The second-order valence-corrected chi connectivity index (χ2v) is 6.20. The van der Waals surface area contributed by atoms with Gasteiger partial charge in [0.15, 0.2) is 0 Å². The monoisotopic (exact) mass is 166 g/mol. The van der Waals surface area contributed by atoms with Crippen LogP contribution in [0.3, 0.4) is 0 Å². The van der Waals surface area contributed by atoms with Gasteiger partial charge in [-0.25, -0.2) is 0 Å². The van der Waals surface area contributed by atoms with Crippen molar-refractivity contribution in [1.29, 1.82) is 0 Å². The Morgan fingerprint density at radius 1 is 1.08 bits per heavy atom. The standard InChI is InChI=1S/C12H22/c1-12(2,3)8-11-7-9-4-5-10(11)6-9/h9-11H,4-8H2,1-3H3. The lowest BCUT2D eigenvalue weighted by molar-refractivity contribution is 0.224. The van der Waals surface area contributed by atoms with Crippen LogP contribution in [0.15, 0.2) is 0 Å². The van der Waals surface area contributed by atoms with Crippen LogP contribution in [0.25, 0.3) is 0 Å². The predicted molar refractivity (Wildman–Crippen MR) is 53.0 cm³/mol.